The molecule has 1 atom stereocenters. The summed E-state index contributed by atoms with van der Waals surface area (Å²) in [6, 6.07) is 0. The zero-order chi connectivity index (χ0) is 43.7. The highest BCUT2D eigenvalue weighted by molar-refractivity contribution is 5.71. The smallest absolute Gasteiger partial charge is 0.306 e. The summed E-state index contributed by atoms with van der Waals surface area (Å²) < 4.78 is 16.7. The minimum atomic E-state index is -0.789. The molecular weight excluding hydrogens is 745 g/mol. The largest absolute Gasteiger partial charge is 0.462 e. The fourth-order valence-electron chi connectivity index (χ4n) is 7.20. The summed E-state index contributed by atoms with van der Waals surface area (Å²) in [5.41, 5.74) is 0. The SMILES string of the molecule is CCCCC/C=C\C/C=C\C/C=C\C/C=C\CCCC(=O)OCC(COC(=O)CCCCCCCCCCCC)OC(=O)CCCCCCCCCCCCCCCCC. The average Bonchev–Trinajstić information content (AvgIpc) is 3.24. The van der Waals surface area contributed by atoms with Crippen LogP contribution in [0.15, 0.2) is 48.6 Å². The van der Waals surface area contributed by atoms with E-state index in [0.29, 0.717) is 19.3 Å². The van der Waals surface area contributed by atoms with Gasteiger partial charge in [-0.2, -0.15) is 0 Å². The normalized spacial score (nSPS) is 12.4. The maximum Gasteiger partial charge on any atom is 0.306 e. The van der Waals surface area contributed by atoms with Crippen molar-refractivity contribution in [2.45, 2.75) is 264 Å². The van der Waals surface area contributed by atoms with Gasteiger partial charge in [0.2, 0.25) is 0 Å². The van der Waals surface area contributed by atoms with Gasteiger partial charge in [0.1, 0.15) is 13.2 Å². The molecule has 0 rings (SSSR count). The minimum absolute atomic E-state index is 0.0866. The fourth-order valence-corrected chi connectivity index (χ4v) is 7.20. The summed E-state index contributed by atoms with van der Waals surface area (Å²) in [6.07, 6.45) is 58.1. The maximum absolute atomic E-state index is 12.8. The van der Waals surface area contributed by atoms with E-state index in [1.807, 2.05) is 0 Å². The van der Waals surface area contributed by atoms with Gasteiger partial charge in [0, 0.05) is 19.3 Å². The highest BCUT2D eigenvalue weighted by Crippen LogP contribution is 2.15. The van der Waals surface area contributed by atoms with Gasteiger partial charge in [-0.05, 0) is 57.8 Å². The van der Waals surface area contributed by atoms with E-state index in [2.05, 4.69) is 69.4 Å². The van der Waals surface area contributed by atoms with Gasteiger partial charge in [0.15, 0.2) is 6.10 Å². The fraction of sp³-hybridized carbons (Fsp3) is 0.796. The van der Waals surface area contributed by atoms with E-state index < -0.39 is 6.10 Å². The van der Waals surface area contributed by atoms with Crippen LogP contribution in [0.25, 0.3) is 0 Å². The minimum Gasteiger partial charge on any atom is -0.462 e. The number of esters is 3. The number of carbonyl (C=O) groups is 3. The van der Waals surface area contributed by atoms with Crippen molar-refractivity contribution in [1.29, 1.82) is 0 Å². The Bertz CT molecular complexity index is 1060. The molecule has 0 saturated heterocycles. The third kappa shape index (κ3) is 46.4. The topological polar surface area (TPSA) is 78.9 Å². The zero-order valence-electron chi connectivity index (χ0n) is 39.7. The highest BCUT2D eigenvalue weighted by atomic mass is 16.6. The Morgan fingerprint density at radius 1 is 0.333 bits per heavy atom. The molecule has 0 aromatic rings. The number of allylic oxidation sites excluding steroid dienone is 8. The number of unbranched alkanes of at least 4 members (excludes halogenated alkanes) is 27. The summed E-state index contributed by atoms with van der Waals surface area (Å²) in [4.78, 5) is 37.9. The molecule has 60 heavy (non-hydrogen) atoms. The standard InChI is InChI=1S/C54H96O6/c1-4-7-10-13-16-19-22-24-26-27-29-30-32-35-38-41-44-47-53(56)59-50-51(49-58-52(55)46-43-40-37-34-21-18-15-12-9-6-3)60-54(57)48-45-42-39-36-33-31-28-25-23-20-17-14-11-8-5-2/h16,19,24,26,29-30,35,38,51H,4-15,17-18,20-23,25,27-28,31-34,36-37,39-50H2,1-3H3/b19-16-,26-24-,30-29-,38-35-. The van der Waals surface area contributed by atoms with E-state index in [4.69, 9.17) is 14.2 Å². The second-order valence-corrected chi connectivity index (χ2v) is 17.1. The number of carbonyl (C=O) groups excluding carboxylic acids is 3. The predicted octanol–water partition coefficient (Wildman–Crippen LogP) is 16.7. The Kier molecular flexibility index (Phi) is 46.9. The van der Waals surface area contributed by atoms with Crippen LogP contribution in [0.5, 0.6) is 0 Å². The van der Waals surface area contributed by atoms with Gasteiger partial charge in [-0.15, -0.1) is 0 Å². The first kappa shape index (κ1) is 57.4. The molecular formula is C54H96O6. The molecule has 0 aliphatic rings. The van der Waals surface area contributed by atoms with Crippen LogP contribution < -0.4 is 0 Å². The van der Waals surface area contributed by atoms with Crippen LogP contribution in [0, 0.1) is 0 Å². The van der Waals surface area contributed by atoms with Crippen LogP contribution in [0.2, 0.25) is 0 Å². The summed E-state index contributed by atoms with van der Waals surface area (Å²) in [5, 5.41) is 0. The number of hydrogen-bond acceptors (Lipinski definition) is 6. The first-order valence-corrected chi connectivity index (χ1v) is 25.6. The van der Waals surface area contributed by atoms with E-state index in [-0.39, 0.29) is 37.5 Å². The number of rotatable bonds is 46. The molecule has 0 heterocycles. The molecule has 0 radical (unpaired) electrons. The molecule has 6 heteroatoms. The van der Waals surface area contributed by atoms with Crippen molar-refractivity contribution < 1.29 is 28.6 Å². The van der Waals surface area contributed by atoms with Crippen molar-refractivity contribution in [1.82, 2.24) is 0 Å². The molecule has 0 aromatic heterocycles. The zero-order valence-corrected chi connectivity index (χ0v) is 39.7. The van der Waals surface area contributed by atoms with Crippen molar-refractivity contribution in [2.75, 3.05) is 13.2 Å². The second-order valence-electron chi connectivity index (χ2n) is 17.1. The lowest BCUT2D eigenvalue weighted by Gasteiger charge is -2.18. The van der Waals surface area contributed by atoms with E-state index in [0.717, 1.165) is 64.2 Å². The first-order valence-electron chi connectivity index (χ1n) is 25.6. The molecule has 0 N–H and O–H groups in total. The molecule has 0 aliphatic heterocycles. The summed E-state index contributed by atoms with van der Waals surface area (Å²) in [7, 11) is 0. The van der Waals surface area contributed by atoms with Crippen LogP contribution >= 0.6 is 0 Å². The molecule has 0 amide bonds. The lowest BCUT2D eigenvalue weighted by Crippen LogP contribution is -2.30. The Morgan fingerprint density at radius 3 is 1.00 bits per heavy atom. The predicted molar refractivity (Wildman–Crippen MR) is 256 cm³/mol. The molecule has 348 valence electrons. The molecule has 0 bridgehead atoms. The molecule has 0 saturated carbocycles. The van der Waals surface area contributed by atoms with E-state index in [1.165, 1.54) is 148 Å². The summed E-state index contributed by atoms with van der Waals surface area (Å²) in [5.74, 6) is -0.938. The molecule has 0 fully saturated rings. The number of ether oxygens (including phenoxy) is 3. The Morgan fingerprint density at radius 2 is 0.617 bits per heavy atom. The van der Waals surface area contributed by atoms with Gasteiger partial charge in [-0.25, -0.2) is 0 Å². The van der Waals surface area contributed by atoms with Gasteiger partial charge in [0.25, 0.3) is 0 Å². The second kappa shape index (κ2) is 49.0. The summed E-state index contributed by atoms with van der Waals surface area (Å²) in [6.45, 7) is 6.56. The van der Waals surface area contributed by atoms with Crippen LogP contribution in [0.3, 0.4) is 0 Å². The van der Waals surface area contributed by atoms with Crippen LogP contribution in [0.4, 0.5) is 0 Å². The van der Waals surface area contributed by atoms with Crippen LogP contribution in [-0.2, 0) is 28.6 Å². The highest BCUT2D eigenvalue weighted by Gasteiger charge is 2.19. The molecule has 6 nitrogen and oxygen atoms in total. The molecule has 0 aromatic carbocycles. The monoisotopic (exact) mass is 841 g/mol. The summed E-state index contributed by atoms with van der Waals surface area (Å²) >= 11 is 0. The van der Waals surface area contributed by atoms with Gasteiger partial charge in [-0.3, -0.25) is 14.4 Å². The van der Waals surface area contributed by atoms with Crippen molar-refractivity contribution in [2.24, 2.45) is 0 Å². The third-order valence-corrected chi connectivity index (χ3v) is 11.1. The quantitative estimate of drug-likeness (QED) is 0.0263. The Hall–Kier alpha value is -2.63. The number of hydrogen-bond donors (Lipinski definition) is 0. The molecule has 0 spiro atoms. The van der Waals surface area contributed by atoms with Gasteiger partial charge in [-0.1, -0.05) is 230 Å². The van der Waals surface area contributed by atoms with Crippen molar-refractivity contribution in [3.8, 4) is 0 Å². The lowest BCUT2D eigenvalue weighted by molar-refractivity contribution is -0.167. The van der Waals surface area contributed by atoms with Gasteiger partial charge < -0.3 is 14.2 Å². The third-order valence-electron chi connectivity index (χ3n) is 11.1. The van der Waals surface area contributed by atoms with E-state index in [9.17, 15) is 14.4 Å². The van der Waals surface area contributed by atoms with Crippen LogP contribution in [-0.4, -0.2) is 37.2 Å². The molecule has 1 unspecified atom stereocenters. The van der Waals surface area contributed by atoms with E-state index in [1.54, 1.807) is 0 Å². The molecule has 0 aliphatic carbocycles. The lowest BCUT2D eigenvalue weighted by atomic mass is 10.0. The first-order chi connectivity index (χ1) is 29.5. The van der Waals surface area contributed by atoms with Crippen molar-refractivity contribution in [3.63, 3.8) is 0 Å². The Labute approximate surface area is 371 Å². The van der Waals surface area contributed by atoms with Crippen LogP contribution in [0.1, 0.15) is 258 Å². The van der Waals surface area contributed by atoms with Crippen molar-refractivity contribution >= 4 is 17.9 Å². The van der Waals surface area contributed by atoms with Gasteiger partial charge >= 0.3 is 17.9 Å². The average molecular weight is 841 g/mol. The Balaban J connectivity index is 4.41. The van der Waals surface area contributed by atoms with Crippen molar-refractivity contribution in [3.05, 3.63) is 48.6 Å². The maximum atomic E-state index is 12.8. The van der Waals surface area contributed by atoms with E-state index >= 15 is 0 Å². The van der Waals surface area contributed by atoms with Gasteiger partial charge in [0.05, 0.1) is 0 Å².